The van der Waals surface area contributed by atoms with Crippen LogP contribution in [0.4, 0.5) is 5.69 Å². The molecule has 0 saturated carbocycles. The van der Waals surface area contributed by atoms with Crippen molar-refractivity contribution in [2.75, 3.05) is 32.1 Å². The van der Waals surface area contributed by atoms with Crippen LogP contribution in [0.3, 0.4) is 0 Å². The van der Waals surface area contributed by atoms with Crippen LogP contribution in [-0.2, 0) is 4.74 Å². The molecule has 116 valence electrons. The van der Waals surface area contributed by atoms with Gasteiger partial charge in [0.25, 0.3) is 5.91 Å². The van der Waals surface area contributed by atoms with Crippen molar-refractivity contribution < 1.29 is 9.53 Å². The normalized spacial score (nSPS) is 15.8. The summed E-state index contributed by atoms with van der Waals surface area (Å²) in [6, 6.07) is 2.20. The van der Waals surface area contributed by atoms with E-state index >= 15 is 0 Å². The smallest absolute Gasteiger partial charge is 0.257 e. The molecule has 2 heterocycles. The Bertz CT molecular complexity index is 484. The first-order chi connectivity index (χ1) is 10.1. The minimum Gasteiger partial charge on any atom is -0.384 e. The minimum absolute atomic E-state index is 0.0352. The first-order valence-corrected chi connectivity index (χ1v) is 7.69. The average molecular weight is 291 g/mol. The number of nitrogens with zero attached hydrogens (tertiary/aromatic N) is 2. The highest BCUT2D eigenvalue weighted by Gasteiger charge is 2.25. The Labute approximate surface area is 126 Å². The number of hydrogen-bond donors (Lipinski definition) is 1. The van der Waals surface area contributed by atoms with E-state index in [1.54, 1.807) is 6.20 Å². The SMILES string of the molecule is CCCNc1cc(C)ncc1C(=O)N(C)C1CCOCC1. The molecular formula is C16H25N3O2. The number of aromatic nitrogens is 1. The van der Waals surface area contributed by atoms with Crippen LogP contribution in [0.25, 0.3) is 0 Å². The fourth-order valence-corrected chi connectivity index (χ4v) is 2.56. The van der Waals surface area contributed by atoms with Gasteiger partial charge in [-0.3, -0.25) is 9.78 Å². The van der Waals surface area contributed by atoms with E-state index in [2.05, 4.69) is 17.2 Å². The molecule has 0 unspecified atom stereocenters. The lowest BCUT2D eigenvalue weighted by Gasteiger charge is -2.31. The third-order valence-electron chi connectivity index (χ3n) is 3.90. The molecule has 1 fully saturated rings. The predicted octanol–water partition coefficient (Wildman–Crippen LogP) is 2.46. The van der Waals surface area contributed by atoms with Crippen molar-refractivity contribution in [3.05, 3.63) is 23.5 Å². The van der Waals surface area contributed by atoms with Gasteiger partial charge in [-0.05, 0) is 32.3 Å². The largest absolute Gasteiger partial charge is 0.384 e. The van der Waals surface area contributed by atoms with Crippen molar-refractivity contribution >= 4 is 11.6 Å². The van der Waals surface area contributed by atoms with E-state index in [-0.39, 0.29) is 11.9 Å². The quantitative estimate of drug-likeness (QED) is 0.905. The summed E-state index contributed by atoms with van der Waals surface area (Å²) in [5.41, 5.74) is 2.45. The molecule has 0 aliphatic carbocycles. The summed E-state index contributed by atoms with van der Waals surface area (Å²) < 4.78 is 5.37. The maximum absolute atomic E-state index is 12.7. The van der Waals surface area contributed by atoms with E-state index in [4.69, 9.17) is 4.74 Å². The molecule has 0 bridgehead atoms. The second-order valence-corrected chi connectivity index (χ2v) is 5.56. The third-order valence-corrected chi connectivity index (χ3v) is 3.90. The van der Waals surface area contributed by atoms with E-state index in [9.17, 15) is 4.79 Å². The van der Waals surface area contributed by atoms with Gasteiger partial charge in [0.15, 0.2) is 0 Å². The summed E-state index contributed by atoms with van der Waals surface area (Å²) in [6.07, 6.45) is 4.51. The molecule has 0 atom stereocenters. The highest BCUT2D eigenvalue weighted by atomic mass is 16.5. The van der Waals surface area contributed by atoms with Gasteiger partial charge in [0, 0.05) is 44.7 Å². The van der Waals surface area contributed by atoms with Crippen molar-refractivity contribution in [3.8, 4) is 0 Å². The van der Waals surface area contributed by atoms with Crippen LogP contribution < -0.4 is 5.32 Å². The van der Waals surface area contributed by atoms with Crippen molar-refractivity contribution in [2.24, 2.45) is 0 Å². The molecule has 1 aliphatic rings. The highest BCUT2D eigenvalue weighted by Crippen LogP contribution is 2.21. The molecule has 1 aliphatic heterocycles. The summed E-state index contributed by atoms with van der Waals surface area (Å²) in [7, 11) is 1.88. The standard InChI is InChI=1S/C16H25N3O2/c1-4-7-17-15-10-12(2)18-11-14(15)16(20)19(3)13-5-8-21-9-6-13/h10-11,13H,4-9H2,1-3H3,(H,17,18). The van der Waals surface area contributed by atoms with E-state index < -0.39 is 0 Å². The number of amides is 1. The van der Waals surface area contributed by atoms with Crippen molar-refractivity contribution in [3.63, 3.8) is 0 Å². The van der Waals surface area contributed by atoms with Gasteiger partial charge in [-0.1, -0.05) is 6.92 Å². The van der Waals surface area contributed by atoms with Crippen molar-refractivity contribution in [2.45, 2.75) is 39.2 Å². The average Bonchev–Trinajstić information content (AvgIpc) is 2.52. The fraction of sp³-hybridized carbons (Fsp3) is 0.625. The Morgan fingerprint density at radius 2 is 2.19 bits per heavy atom. The monoisotopic (exact) mass is 291 g/mol. The van der Waals surface area contributed by atoms with Crippen LogP contribution in [-0.4, -0.2) is 48.6 Å². The van der Waals surface area contributed by atoms with E-state index in [1.165, 1.54) is 0 Å². The van der Waals surface area contributed by atoms with Crippen LogP contribution in [0.15, 0.2) is 12.3 Å². The van der Waals surface area contributed by atoms with Gasteiger partial charge in [-0.2, -0.15) is 0 Å². The van der Waals surface area contributed by atoms with Crippen LogP contribution >= 0.6 is 0 Å². The molecule has 0 aromatic carbocycles. The van der Waals surface area contributed by atoms with Crippen LogP contribution in [0.2, 0.25) is 0 Å². The number of pyridine rings is 1. The molecule has 1 amide bonds. The molecule has 0 radical (unpaired) electrons. The first kappa shape index (κ1) is 15.8. The summed E-state index contributed by atoms with van der Waals surface area (Å²) in [5, 5.41) is 3.33. The molecular weight excluding hydrogens is 266 g/mol. The maximum Gasteiger partial charge on any atom is 0.257 e. The van der Waals surface area contributed by atoms with Gasteiger partial charge in [0.05, 0.1) is 11.3 Å². The third kappa shape index (κ3) is 3.94. The molecule has 1 N–H and O–H groups in total. The van der Waals surface area contributed by atoms with Gasteiger partial charge in [-0.15, -0.1) is 0 Å². The fourth-order valence-electron chi connectivity index (χ4n) is 2.56. The van der Waals surface area contributed by atoms with E-state index in [0.29, 0.717) is 5.56 Å². The predicted molar refractivity (Wildman–Crippen MR) is 83.7 cm³/mol. The number of carbonyl (C=O) groups excluding carboxylic acids is 1. The zero-order chi connectivity index (χ0) is 15.2. The summed E-state index contributed by atoms with van der Waals surface area (Å²) in [5.74, 6) is 0.0352. The van der Waals surface area contributed by atoms with Gasteiger partial charge in [0.1, 0.15) is 0 Å². The van der Waals surface area contributed by atoms with Gasteiger partial charge in [0.2, 0.25) is 0 Å². The Balaban J connectivity index is 2.16. The molecule has 1 aromatic rings. The van der Waals surface area contributed by atoms with Crippen LogP contribution in [0.5, 0.6) is 0 Å². The highest BCUT2D eigenvalue weighted by molar-refractivity contribution is 5.99. The zero-order valence-electron chi connectivity index (χ0n) is 13.2. The molecule has 0 spiro atoms. The Morgan fingerprint density at radius 3 is 2.86 bits per heavy atom. The molecule has 5 nitrogen and oxygen atoms in total. The number of carbonyl (C=O) groups is 1. The second kappa shape index (κ2) is 7.41. The zero-order valence-corrected chi connectivity index (χ0v) is 13.2. The Hall–Kier alpha value is -1.62. The topological polar surface area (TPSA) is 54.5 Å². The molecule has 1 saturated heterocycles. The maximum atomic E-state index is 12.7. The number of ether oxygens (including phenoxy) is 1. The van der Waals surface area contributed by atoms with E-state index in [1.807, 2.05) is 24.9 Å². The van der Waals surface area contributed by atoms with Crippen LogP contribution in [0, 0.1) is 6.92 Å². The molecule has 21 heavy (non-hydrogen) atoms. The first-order valence-electron chi connectivity index (χ1n) is 7.69. The number of rotatable bonds is 5. The number of aryl methyl sites for hydroxylation is 1. The lowest BCUT2D eigenvalue weighted by atomic mass is 10.1. The second-order valence-electron chi connectivity index (χ2n) is 5.56. The summed E-state index contributed by atoms with van der Waals surface area (Å²) >= 11 is 0. The van der Waals surface area contributed by atoms with Gasteiger partial charge < -0.3 is 15.0 Å². The lowest BCUT2D eigenvalue weighted by molar-refractivity contribution is 0.0362. The van der Waals surface area contributed by atoms with Gasteiger partial charge in [-0.25, -0.2) is 0 Å². The van der Waals surface area contributed by atoms with E-state index in [0.717, 1.165) is 50.4 Å². The number of anilines is 1. The number of hydrogen-bond acceptors (Lipinski definition) is 4. The van der Waals surface area contributed by atoms with Gasteiger partial charge >= 0.3 is 0 Å². The number of nitrogens with one attached hydrogen (secondary N) is 1. The summed E-state index contributed by atoms with van der Waals surface area (Å²) in [4.78, 5) is 18.9. The Kier molecular flexibility index (Phi) is 5.56. The lowest BCUT2D eigenvalue weighted by Crippen LogP contribution is -2.40. The molecule has 1 aromatic heterocycles. The molecule has 2 rings (SSSR count). The molecule has 5 heteroatoms. The summed E-state index contributed by atoms with van der Waals surface area (Å²) in [6.45, 7) is 6.36. The Morgan fingerprint density at radius 1 is 1.48 bits per heavy atom. The minimum atomic E-state index is 0.0352. The van der Waals surface area contributed by atoms with Crippen molar-refractivity contribution in [1.29, 1.82) is 0 Å². The van der Waals surface area contributed by atoms with Crippen molar-refractivity contribution in [1.82, 2.24) is 9.88 Å². The van der Waals surface area contributed by atoms with Crippen LogP contribution in [0.1, 0.15) is 42.2 Å².